The molecule has 0 atom stereocenters. The number of sulfone groups is 1. The van der Waals surface area contributed by atoms with E-state index in [9.17, 15) is 26.7 Å². The SMILES string of the molecule is CS(=O)(=O)Nc1ccc2c(c1)S(=O)(=O)CC(c1c(O)c(-c3cccs3)nn(Cc3ccccc3)c1=O)=N2. The molecule has 13 heteroatoms. The van der Waals surface area contributed by atoms with Gasteiger partial charge in [-0.3, -0.25) is 14.5 Å². The lowest BCUT2D eigenvalue weighted by molar-refractivity contribution is 0.464. The largest absolute Gasteiger partial charge is 0.505 e. The van der Waals surface area contributed by atoms with Gasteiger partial charge in [-0.15, -0.1) is 11.3 Å². The van der Waals surface area contributed by atoms with Gasteiger partial charge in [0, 0.05) is 5.69 Å². The molecule has 0 saturated heterocycles. The van der Waals surface area contributed by atoms with E-state index in [0.29, 0.717) is 4.88 Å². The van der Waals surface area contributed by atoms with E-state index in [-0.39, 0.29) is 39.8 Å². The van der Waals surface area contributed by atoms with Crippen LogP contribution in [0.2, 0.25) is 0 Å². The number of hydrogen-bond acceptors (Lipinski definition) is 9. The molecule has 0 bridgehead atoms. The molecule has 0 radical (unpaired) electrons. The van der Waals surface area contributed by atoms with Crippen LogP contribution >= 0.6 is 11.3 Å². The second-order valence-electron chi connectivity index (χ2n) is 8.37. The number of sulfonamides is 1. The Balaban J connectivity index is 1.69. The molecule has 2 aromatic heterocycles. The van der Waals surface area contributed by atoms with Gasteiger partial charge in [-0.1, -0.05) is 36.4 Å². The van der Waals surface area contributed by atoms with Gasteiger partial charge in [0.1, 0.15) is 11.3 Å². The van der Waals surface area contributed by atoms with Crippen molar-refractivity contribution in [1.82, 2.24) is 9.78 Å². The Morgan fingerprint density at radius 3 is 2.54 bits per heavy atom. The summed E-state index contributed by atoms with van der Waals surface area (Å²) < 4.78 is 53.0. The number of aromatic nitrogens is 2. The van der Waals surface area contributed by atoms with Gasteiger partial charge in [0.2, 0.25) is 10.0 Å². The van der Waals surface area contributed by atoms with E-state index in [4.69, 9.17) is 0 Å². The van der Waals surface area contributed by atoms with Crippen LogP contribution in [0.25, 0.3) is 10.6 Å². The first-order valence-electron chi connectivity index (χ1n) is 10.9. The van der Waals surface area contributed by atoms with Crippen LogP contribution in [0, 0.1) is 0 Å². The molecule has 0 spiro atoms. The van der Waals surface area contributed by atoms with E-state index in [0.717, 1.165) is 11.8 Å². The Kier molecular flexibility index (Phi) is 6.22. The van der Waals surface area contributed by atoms with Crippen molar-refractivity contribution >= 4 is 48.3 Å². The van der Waals surface area contributed by atoms with E-state index in [2.05, 4.69) is 14.8 Å². The summed E-state index contributed by atoms with van der Waals surface area (Å²) in [6.07, 6.45) is 0.953. The highest BCUT2D eigenvalue weighted by atomic mass is 32.2. The van der Waals surface area contributed by atoms with Gasteiger partial charge in [-0.2, -0.15) is 5.10 Å². The summed E-state index contributed by atoms with van der Waals surface area (Å²) in [5.74, 6) is -1.12. The third-order valence-corrected chi connectivity index (χ3v) is 8.66. The summed E-state index contributed by atoms with van der Waals surface area (Å²) in [6.45, 7) is 0.0997. The minimum Gasteiger partial charge on any atom is -0.505 e. The van der Waals surface area contributed by atoms with Gasteiger partial charge in [0.05, 0.1) is 39.7 Å². The molecule has 190 valence electrons. The quantitative estimate of drug-likeness (QED) is 0.371. The van der Waals surface area contributed by atoms with Gasteiger partial charge < -0.3 is 5.11 Å². The van der Waals surface area contributed by atoms with Gasteiger partial charge in [-0.25, -0.2) is 21.5 Å². The summed E-state index contributed by atoms with van der Waals surface area (Å²) >= 11 is 1.31. The molecule has 0 fully saturated rings. The van der Waals surface area contributed by atoms with Crippen LogP contribution in [-0.4, -0.2) is 49.4 Å². The van der Waals surface area contributed by atoms with Crippen LogP contribution in [0.3, 0.4) is 0 Å². The predicted molar refractivity (Wildman–Crippen MR) is 142 cm³/mol. The van der Waals surface area contributed by atoms with Crippen LogP contribution in [-0.2, 0) is 26.4 Å². The molecule has 4 aromatic rings. The zero-order valence-electron chi connectivity index (χ0n) is 19.3. The fourth-order valence-electron chi connectivity index (χ4n) is 3.96. The first-order chi connectivity index (χ1) is 17.5. The first-order valence-corrected chi connectivity index (χ1v) is 15.3. The van der Waals surface area contributed by atoms with Crippen molar-refractivity contribution in [2.24, 2.45) is 4.99 Å². The number of aromatic hydroxyl groups is 1. The number of nitrogens with zero attached hydrogens (tertiary/aromatic N) is 3. The third kappa shape index (κ3) is 5.05. The van der Waals surface area contributed by atoms with Crippen molar-refractivity contribution in [1.29, 1.82) is 0 Å². The van der Waals surface area contributed by atoms with E-state index in [1.54, 1.807) is 17.5 Å². The molecule has 5 rings (SSSR count). The van der Waals surface area contributed by atoms with Crippen LogP contribution in [0.1, 0.15) is 11.1 Å². The maximum atomic E-state index is 13.5. The van der Waals surface area contributed by atoms with E-state index < -0.39 is 36.9 Å². The number of thiophene rings is 1. The molecule has 0 aliphatic carbocycles. The monoisotopic (exact) mass is 556 g/mol. The lowest BCUT2D eigenvalue weighted by Crippen LogP contribution is -2.33. The van der Waals surface area contributed by atoms with Crippen molar-refractivity contribution in [2.45, 2.75) is 11.4 Å². The standard InChI is InChI=1S/C24H20N4O6S3/c1-36(31,32)27-16-9-10-17-20(12-16)37(33,34)14-18(25-17)21-23(29)22(19-8-5-11-35-19)26-28(24(21)30)13-15-6-3-2-4-7-15/h2-12,27,29H,13-14H2,1H3. The second kappa shape index (κ2) is 9.25. The Bertz CT molecular complexity index is 1810. The summed E-state index contributed by atoms with van der Waals surface area (Å²) in [5, 5.41) is 17.3. The van der Waals surface area contributed by atoms with Crippen molar-refractivity contribution < 1.29 is 21.9 Å². The minimum absolute atomic E-state index is 0.0307. The van der Waals surface area contributed by atoms with Gasteiger partial charge in [0.15, 0.2) is 15.6 Å². The Morgan fingerprint density at radius 2 is 1.86 bits per heavy atom. The molecular formula is C24H20N4O6S3. The number of aliphatic imine (C=N–C) groups is 1. The van der Waals surface area contributed by atoms with Crippen molar-refractivity contribution in [2.75, 3.05) is 16.7 Å². The van der Waals surface area contributed by atoms with Crippen LogP contribution in [0.15, 0.2) is 80.7 Å². The Labute approximate surface area is 216 Å². The molecule has 0 saturated carbocycles. The molecule has 1 aliphatic heterocycles. The summed E-state index contributed by atoms with van der Waals surface area (Å²) in [5.41, 5.74) is -0.0276. The van der Waals surface area contributed by atoms with Crippen LogP contribution in [0.5, 0.6) is 5.75 Å². The topological polar surface area (TPSA) is 148 Å². The van der Waals surface area contributed by atoms with Crippen molar-refractivity contribution in [3.8, 4) is 16.3 Å². The number of rotatable bonds is 6. The molecule has 1 aliphatic rings. The lowest BCUT2D eigenvalue weighted by atomic mass is 10.1. The smallest absolute Gasteiger partial charge is 0.280 e. The zero-order chi connectivity index (χ0) is 26.4. The van der Waals surface area contributed by atoms with Gasteiger partial charge >= 0.3 is 0 Å². The molecule has 37 heavy (non-hydrogen) atoms. The van der Waals surface area contributed by atoms with Crippen molar-refractivity contribution in [3.05, 3.63) is 87.5 Å². The van der Waals surface area contributed by atoms with Gasteiger partial charge in [0.25, 0.3) is 5.56 Å². The Hall–Kier alpha value is -3.81. The summed E-state index contributed by atoms with van der Waals surface area (Å²) in [4.78, 5) is 18.4. The highest BCUT2D eigenvalue weighted by Gasteiger charge is 2.32. The summed E-state index contributed by atoms with van der Waals surface area (Å²) in [6, 6.07) is 16.6. The minimum atomic E-state index is -4.03. The average Bonchev–Trinajstić information content (AvgIpc) is 3.35. The fraction of sp³-hybridized carbons (Fsp3) is 0.125. The normalized spacial score (nSPS) is 14.6. The second-order valence-corrected chi connectivity index (χ2v) is 13.0. The van der Waals surface area contributed by atoms with E-state index >= 15 is 0 Å². The fourth-order valence-corrected chi connectivity index (χ4v) is 6.69. The maximum Gasteiger partial charge on any atom is 0.280 e. The Morgan fingerprint density at radius 1 is 1.11 bits per heavy atom. The third-order valence-electron chi connectivity index (χ3n) is 5.53. The number of fused-ring (bicyclic) bond motifs is 1. The molecule has 2 aromatic carbocycles. The maximum absolute atomic E-state index is 13.5. The highest BCUT2D eigenvalue weighted by molar-refractivity contribution is 7.92. The number of benzene rings is 2. The molecule has 0 unspecified atom stereocenters. The molecule has 3 heterocycles. The number of nitrogens with one attached hydrogen (secondary N) is 1. The molecular weight excluding hydrogens is 536 g/mol. The molecule has 0 amide bonds. The van der Waals surface area contributed by atoms with Gasteiger partial charge in [-0.05, 0) is 35.2 Å². The average molecular weight is 557 g/mol. The molecule has 2 N–H and O–H groups in total. The molecule has 10 nitrogen and oxygen atoms in total. The number of anilines is 1. The highest BCUT2D eigenvalue weighted by Crippen LogP contribution is 2.37. The first kappa shape index (κ1) is 24.9. The lowest BCUT2D eigenvalue weighted by Gasteiger charge is -2.19. The van der Waals surface area contributed by atoms with E-state index in [1.165, 1.54) is 34.2 Å². The van der Waals surface area contributed by atoms with Crippen LogP contribution in [0.4, 0.5) is 11.4 Å². The van der Waals surface area contributed by atoms with Crippen molar-refractivity contribution in [3.63, 3.8) is 0 Å². The summed E-state index contributed by atoms with van der Waals surface area (Å²) in [7, 11) is -7.66. The van der Waals surface area contributed by atoms with E-state index in [1.807, 2.05) is 30.3 Å². The number of hydrogen-bond donors (Lipinski definition) is 2. The van der Waals surface area contributed by atoms with Crippen LogP contribution < -0.4 is 10.3 Å². The zero-order valence-corrected chi connectivity index (χ0v) is 21.8. The predicted octanol–water partition coefficient (Wildman–Crippen LogP) is 3.01.